The van der Waals surface area contributed by atoms with E-state index in [2.05, 4.69) is 0 Å². The van der Waals surface area contributed by atoms with Crippen LogP contribution in [0, 0.1) is 19.7 Å². The highest BCUT2D eigenvalue weighted by molar-refractivity contribution is 6.32. The molecule has 2 nitrogen and oxygen atoms in total. The van der Waals surface area contributed by atoms with Crippen molar-refractivity contribution in [1.29, 1.82) is 0 Å². The Labute approximate surface area is 117 Å². The summed E-state index contributed by atoms with van der Waals surface area (Å²) in [6.07, 6.45) is 0. The van der Waals surface area contributed by atoms with Gasteiger partial charge in [0.15, 0.2) is 11.6 Å². The van der Waals surface area contributed by atoms with Crippen LogP contribution in [0.1, 0.15) is 16.7 Å². The monoisotopic (exact) mass is 279 g/mol. The zero-order valence-electron chi connectivity index (χ0n) is 10.8. The summed E-state index contributed by atoms with van der Waals surface area (Å²) in [7, 11) is 0. The molecule has 0 saturated carbocycles. The van der Waals surface area contributed by atoms with Crippen LogP contribution in [0.2, 0.25) is 5.02 Å². The Hall–Kier alpha value is -1.58. The number of nitrogens with two attached hydrogens (primary N) is 1. The first-order chi connectivity index (χ1) is 9.02. The van der Waals surface area contributed by atoms with Crippen LogP contribution in [0.4, 0.5) is 4.39 Å². The highest BCUT2D eigenvalue weighted by atomic mass is 35.5. The number of rotatable bonds is 3. The summed E-state index contributed by atoms with van der Waals surface area (Å²) in [6, 6.07) is 8.27. The van der Waals surface area contributed by atoms with Crippen LogP contribution in [0.15, 0.2) is 30.3 Å². The van der Waals surface area contributed by atoms with E-state index in [9.17, 15) is 4.39 Å². The van der Waals surface area contributed by atoms with E-state index in [4.69, 9.17) is 22.1 Å². The summed E-state index contributed by atoms with van der Waals surface area (Å²) >= 11 is 6.09. The van der Waals surface area contributed by atoms with Gasteiger partial charge in [0.2, 0.25) is 0 Å². The number of hydrogen-bond acceptors (Lipinski definition) is 2. The molecule has 0 aliphatic rings. The second-order valence-corrected chi connectivity index (χ2v) is 4.78. The smallest absolute Gasteiger partial charge is 0.167 e. The molecule has 0 fully saturated rings. The molecule has 100 valence electrons. The van der Waals surface area contributed by atoms with Gasteiger partial charge in [0.05, 0.1) is 0 Å². The predicted molar refractivity (Wildman–Crippen MR) is 75.3 cm³/mol. The van der Waals surface area contributed by atoms with Gasteiger partial charge in [0, 0.05) is 17.1 Å². The van der Waals surface area contributed by atoms with Crippen molar-refractivity contribution in [2.24, 2.45) is 5.73 Å². The predicted octanol–water partition coefficient (Wildman–Crippen LogP) is 4.35. The van der Waals surface area contributed by atoms with E-state index >= 15 is 0 Å². The fraction of sp³-hybridized carbons (Fsp3) is 0.200. The van der Waals surface area contributed by atoms with Gasteiger partial charge < -0.3 is 10.5 Å². The normalized spacial score (nSPS) is 10.6. The third-order valence-electron chi connectivity index (χ3n) is 2.90. The summed E-state index contributed by atoms with van der Waals surface area (Å²) < 4.78 is 19.4. The van der Waals surface area contributed by atoms with Crippen LogP contribution in [0.25, 0.3) is 0 Å². The van der Waals surface area contributed by atoms with Crippen molar-refractivity contribution in [3.63, 3.8) is 0 Å². The number of hydrogen-bond donors (Lipinski definition) is 1. The van der Waals surface area contributed by atoms with Gasteiger partial charge in [-0.15, -0.1) is 0 Å². The fourth-order valence-electron chi connectivity index (χ4n) is 1.91. The van der Waals surface area contributed by atoms with Crippen molar-refractivity contribution in [3.05, 3.63) is 57.9 Å². The molecule has 0 radical (unpaired) electrons. The minimum Gasteiger partial charge on any atom is -0.454 e. The van der Waals surface area contributed by atoms with Gasteiger partial charge in [-0.05, 0) is 43.2 Å². The molecule has 0 saturated heterocycles. The second kappa shape index (κ2) is 5.59. The molecule has 0 bridgehead atoms. The molecule has 0 unspecified atom stereocenters. The van der Waals surface area contributed by atoms with Crippen LogP contribution in [-0.4, -0.2) is 0 Å². The third kappa shape index (κ3) is 2.88. The average Bonchev–Trinajstić information content (AvgIpc) is 2.38. The first-order valence-electron chi connectivity index (χ1n) is 5.95. The molecule has 2 rings (SSSR count). The summed E-state index contributed by atoms with van der Waals surface area (Å²) in [5.41, 5.74) is 8.00. The highest BCUT2D eigenvalue weighted by Gasteiger charge is 2.11. The number of benzene rings is 2. The number of para-hydroxylation sites is 1. The highest BCUT2D eigenvalue weighted by Crippen LogP contribution is 2.32. The van der Waals surface area contributed by atoms with Crippen molar-refractivity contribution >= 4 is 11.6 Å². The van der Waals surface area contributed by atoms with E-state index < -0.39 is 5.82 Å². The van der Waals surface area contributed by atoms with Gasteiger partial charge in [-0.3, -0.25) is 0 Å². The van der Waals surface area contributed by atoms with Gasteiger partial charge in [0.1, 0.15) is 5.75 Å². The van der Waals surface area contributed by atoms with Crippen molar-refractivity contribution in [2.75, 3.05) is 0 Å². The lowest BCUT2D eigenvalue weighted by molar-refractivity contribution is 0.436. The molecule has 4 heteroatoms. The third-order valence-corrected chi connectivity index (χ3v) is 3.49. The Balaban J connectivity index is 2.42. The fourth-order valence-corrected chi connectivity index (χ4v) is 2.02. The lowest BCUT2D eigenvalue weighted by Gasteiger charge is -2.13. The summed E-state index contributed by atoms with van der Waals surface area (Å²) in [5, 5.41) is 0.694. The lowest BCUT2D eigenvalue weighted by atomic mass is 10.1. The molecule has 0 aliphatic carbocycles. The number of aryl methyl sites for hydroxylation is 2. The second-order valence-electron chi connectivity index (χ2n) is 4.41. The summed E-state index contributed by atoms with van der Waals surface area (Å²) in [4.78, 5) is 0. The van der Waals surface area contributed by atoms with Crippen molar-refractivity contribution in [2.45, 2.75) is 20.4 Å². The zero-order chi connectivity index (χ0) is 14.0. The summed E-state index contributed by atoms with van der Waals surface area (Å²) in [6.45, 7) is 3.99. The largest absolute Gasteiger partial charge is 0.454 e. The topological polar surface area (TPSA) is 35.2 Å². The van der Waals surface area contributed by atoms with Crippen LogP contribution in [0.5, 0.6) is 11.5 Å². The molecule has 2 aromatic carbocycles. The van der Waals surface area contributed by atoms with Crippen molar-refractivity contribution in [3.8, 4) is 11.5 Å². The van der Waals surface area contributed by atoms with E-state index in [1.165, 1.54) is 6.07 Å². The van der Waals surface area contributed by atoms with E-state index in [1.54, 1.807) is 24.3 Å². The molecule has 0 aromatic heterocycles. The van der Waals surface area contributed by atoms with Crippen LogP contribution < -0.4 is 10.5 Å². The van der Waals surface area contributed by atoms with Crippen LogP contribution in [0.3, 0.4) is 0 Å². The Morgan fingerprint density at radius 3 is 2.42 bits per heavy atom. The van der Waals surface area contributed by atoms with Gasteiger partial charge in [-0.25, -0.2) is 4.39 Å². The van der Waals surface area contributed by atoms with Crippen molar-refractivity contribution < 1.29 is 9.13 Å². The van der Waals surface area contributed by atoms with Crippen LogP contribution in [-0.2, 0) is 6.54 Å². The standard InChI is InChI=1S/C15H15ClFNO/c1-9-6-12(7-10(2)14(9)16)19-15-11(8-18)4-3-5-13(15)17/h3-7H,8,18H2,1-2H3. The maximum absolute atomic E-state index is 13.8. The Kier molecular flexibility index (Phi) is 4.08. The molecule has 0 aliphatic heterocycles. The first-order valence-corrected chi connectivity index (χ1v) is 6.32. The van der Waals surface area contributed by atoms with E-state index in [1.807, 2.05) is 13.8 Å². The molecular formula is C15H15ClFNO. The minimum atomic E-state index is -0.423. The SMILES string of the molecule is Cc1cc(Oc2c(F)cccc2CN)cc(C)c1Cl. The van der Waals surface area contributed by atoms with E-state index in [0.29, 0.717) is 16.3 Å². The molecule has 0 spiro atoms. The van der Waals surface area contributed by atoms with E-state index in [0.717, 1.165) is 11.1 Å². The molecule has 19 heavy (non-hydrogen) atoms. The first kappa shape index (κ1) is 13.8. The maximum atomic E-state index is 13.8. The number of halogens is 2. The average molecular weight is 280 g/mol. The van der Waals surface area contributed by atoms with Gasteiger partial charge >= 0.3 is 0 Å². The Morgan fingerprint density at radius 1 is 1.21 bits per heavy atom. The van der Waals surface area contributed by atoms with E-state index in [-0.39, 0.29) is 12.3 Å². The van der Waals surface area contributed by atoms with Gasteiger partial charge in [0.25, 0.3) is 0 Å². The molecule has 0 heterocycles. The van der Waals surface area contributed by atoms with Crippen molar-refractivity contribution in [1.82, 2.24) is 0 Å². The van der Waals surface area contributed by atoms with Gasteiger partial charge in [-0.2, -0.15) is 0 Å². The number of ether oxygens (including phenoxy) is 1. The molecule has 0 amide bonds. The maximum Gasteiger partial charge on any atom is 0.167 e. The Morgan fingerprint density at radius 2 is 1.84 bits per heavy atom. The zero-order valence-corrected chi connectivity index (χ0v) is 11.6. The molecule has 0 atom stereocenters. The van der Waals surface area contributed by atoms with Crippen LogP contribution >= 0.6 is 11.6 Å². The molecule has 2 aromatic rings. The van der Waals surface area contributed by atoms with Gasteiger partial charge in [-0.1, -0.05) is 23.7 Å². The molecular weight excluding hydrogens is 265 g/mol. The summed E-state index contributed by atoms with van der Waals surface area (Å²) in [5.74, 6) is 0.304. The quantitative estimate of drug-likeness (QED) is 0.907. The Bertz CT molecular complexity index is 590. The lowest BCUT2D eigenvalue weighted by Crippen LogP contribution is -2.01. The molecule has 2 N–H and O–H groups in total. The minimum absolute atomic E-state index is 0.172.